The van der Waals surface area contributed by atoms with E-state index in [0.717, 1.165) is 17.9 Å². The van der Waals surface area contributed by atoms with Gasteiger partial charge in [-0.25, -0.2) is 0 Å². The van der Waals surface area contributed by atoms with Crippen LogP contribution < -0.4 is 5.32 Å². The zero-order valence-electron chi connectivity index (χ0n) is 7.03. The zero-order valence-corrected chi connectivity index (χ0v) is 7.03. The van der Waals surface area contributed by atoms with Crippen LogP contribution in [0.15, 0.2) is 30.3 Å². The van der Waals surface area contributed by atoms with Crippen LogP contribution in [0.2, 0.25) is 0 Å². The Bertz CT molecular complexity index is 270. The Balaban J connectivity index is 1.85. The minimum atomic E-state index is 0.812. The average Bonchev–Trinajstić information content (AvgIpc) is 2.62. The lowest BCUT2D eigenvalue weighted by Crippen LogP contribution is -2.14. The third kappa shape index (κ3) is 0.831. The second-order valence-corrected chi connectivity index (χ2v) is 3.87. The standard InChI is InChI=1S/C11H13N/c1-2-4-8(5-3-1)10-9-6-7-12-11(9)10/h1-5,9-12H,6-7H2/t9-,10-,11-/m1/s1. The lowest BCUT2D eigenvalue weighted by atomic mass is 10.1. The van der Waals surface area contributed by atoms with Crippen LogP contribution in [0, 0.1) is 5.92 Å². The molecule has 0 radical (unpaired) electrons. The highest BCUT2D eigenvalue weighted by Gasteiger charge is 2.53. The second-order valence-electron chi connectivity index (χ2n) is 3.87. The van der Waals surface area contributed by atoms with Crippen LogP contribution in [0.1, 0.15) is 17.9 Å². The van der Waals surface area contributed by atoms with Crippen molar-refractivity contribution >= 4 is 0 Å². The number of hydrogen-bond acceptors (Lipinski definition) is 1. The number of hydrogen-bond donors (Lipinski definition) is 1. The van der Waals surface area contributed by atoms with Gasteiger partial charge in [0.1, 0.15) is 0 Å². The summed E-state index contributed by atoms with van der Waals surface area (Å²) in [5.41, 5.74) is 1.53. The Morgan fingerprint density at radius 3 is 2.67 bits per heavy atom. The van der Waals surface area contributed by atoms with Crippen LogP contribution in [-0.2, 0) is 0 Å². The molecule has 2 aliphatic rings. The van der Waals surface area contributed by atoms with Crippen LogP contribution in [0.25, 0.3) is 0 Å². The molecule has 1 saturated heterocycles. The van der Waals surface area contributed by atoms with Gasteiger partial charge in [-0.1, -0.05) is 30.3 Å². The molecule has 3 rings (SSSR count). The molecule has 1 nitrogen and oxygen atoms in total. The molecule has 2 fully saturated rings. The Hall–Kier alpha value is -0.820. The molecule has 1 aliphatic heterocycles. The van der Waals surface area contributed by atoms with E-state index in [1.54, 1.807) is 0 Å². The summed E-state index contributed by atoms with van der Waals surface area (Å²) < 4.78 is 0. The summed E-state index contributed by atoms with van der Waals surface area (Å²) in [6.45, 7) is 1.23. The normalized spacial score (nSPS) is 37.8. The van der Waals surface area contributed by atoms with E-state index in [4.69, 9.17) is 0 Å². The summed E-state index contributed by atoms with van der Waals surface area (Å²) in [5.74, 6) is 1.78. The van der Waals surface area contributed by atoms with Gasteiger partial charge >= 0.3 is 0 Å². The van der Waals surface area contributed by atoms with E-state index in [1.807, 2.05) is 0 Å². The van der Waals surface area contributed by atoms with Crippen molar-refractivity contribution in [2.45, 2.75) is 18.4 Å². The molecule has 0 amide bonds. The molecule has 1 saturated carbocycles. The van der Waals surface area contributed by atoms with Crippen molar-refractivity contribution in [3.63, 3.8) is 0 Å². The molecule has 3 atom stereocenters. The van der Waals surface area contributed by atoms with E-state index in [2.05, 4.69) is 35.6 Å². The molecular weight excluding hydrogens is 146 g/mol. The summed E-state index contributed by atoms with van der Waals surface area (Å²) >= 11 is 0. The number of nitrogens with one attached hydrogen (secondary N) is 1. The molecule has 1 aromatic carbocycles. The quantitative estimate of drug-likeness (QED) is 0.658. The first-order chi connectivity index (χ1) is 5.97. The monoisotopic (exact) mass is 159 g/mol. The van der Waals surface area contributed by atoms with E-state index in [9.17, 15) is 0 Å². The van der Waals surface area contributed by atoms with E-state index >= 15 is 0 Å². The first kappa shape index (κ1) is 6.67. The third-order valence-corrected chi connectivity index (χ3v) is 3.21. The van der Waals surface area contributed by atoms with Gasteiger partial charge in [0.15, 0.2) is 0 Å². The molecular formula is C11H13N. The highest BCUT2D eigenvalue weighted by molar-refractivity contribution is 5.32. The lowest BCUT2D eigenvalue weighted by molar-refractivity contribution is 0.691. The lowest BCUT2D eigenvalue weighted by Gasteiger charge is -2.02. The predicted molar refractivity (Wildman–Crippen MR) is 49.1 cm³/mol. The molecule has 1 N–H and O–H groups in total. The zero-order chi connectivity index (χ0) is 7.97. The van der Waals surface area contributed by atoms with Crippen LogP contribution in [0.3, 0.4) is 0 Å². The number of rotatable bonds is 1. The van der Waals surface area contributed by atoms with Crippen molar-refractivity contribution in [2.75, 3.05) is 6.54 Å². The van der Waals surface area contributed by atoms with Gasteiger partial charge in [0, 0.05) is 12.0 Å². The fourth-order valence-electron chi connectivity index (χ4n) is 2.56. The summed E-state index contributed by atoms with van der Waals surface area (Å²) in [6.07, 6.45) is 1.38. The summed E-state index contributed by atoms with van der Waals surface area (Å²) in [4.78, 5) is 0. The van der Waals surface area contributed by atoms with Crippen molar-refractivity contribution in [2.24, 2.45) is 5.92 Å². The van der Waals surface area contributed by atoms with Crippen molar-refractivity contribution in [3.8, 4) is 0 Å². The van der Waals surface area contributed by atoms with Gasteiger partial charge in [-0.05, 0) is 24.4 Å². The number of piperidine rings is 1. The van der Waals surface area contributed by atoms with Crippen molar-refractivity contribution < 1.29 is 0 Å². The van der Waals surface area contributed by atoms with Crippen molar-refractivity contribution in [1.82, 2.24) is 5.32 Å². The molecule has 12 heavy (non-hydrogen) atoms. The fourth-order valence-corrected chi connectivity index (χ4v) is 2.56. The second kappa shape index (κ2) is 2.33. The molecule has 1 aromatic rings. The van der Waals surface area contributed by atoms with Gasteiger partial charge in [0.05, 0.1) is 0 Å². The molecule has 0 aromatic heterocycles. The van der Waals surface area contributed by atoms with Crippen molar-refractivity contribution in [1.29, 1.82) is 0 Å². The van der Waals surface area contributed by atoms with Crippen LogP contribution >= 0.6 is 0 Å². The first-order valence-corrected chi connectivity index (χ1v) is 4.75. The summed E-state index contributed by atoms with van der Waals surface area (Å²) in [7, 11) is 0. The molecule has 0 spiro atoms. The first-order valence-electron chi connectivity index (χ1n) is 4.75. The Labute approximate surface area is 72.8 Å². The third-order valence-electron chi connectivity index (χ3n) is 3.21. The fraction of sp³-hybridized carbons (Fsp3) is 0.455. The Kier molecular flexibility index (Phi) is 1.30. The van der Waals surface area contributed by atoms with E-state index in [-0.39, 0.29) is 0 Å². The van der Waals surface area contributed by atoms with Crippen LogP contribution in [-0.4, -0.2) is 12.6 Å². The average molecular weight is 159 g/mol. The van der Waals surface area contributed by atoms with Gasteiger partial charge in [-0.15, -0.1) is 0 Å². The highest BCUT2D eigenvalue weighted by Crippen LogP contribution is 2.52. The van der Waals surface area contributed by atoms with Gasteiger partial charge < -0.3 is 5.32 Å². The van der Waals surface area contributed by atoms with Gasteiger partial charge in [-0.3, -0.25) is 0 Å². The minimum Gasteiger partial charge on any atom is -0.313 e. The van der Waals surface area contributed by atoms with E-state index < -0.39 is 0 Å². The van der Waals surface area contributed by atoms with Crippen LogP contribution in [0.4, 0.5) is 0 Å². The molecule has 62 valence electrons. The maximum Gasteiger partial charge on any atom is 0.0174 e. The summed E-state index contributed by atoms with van der Waals surface area (Å²) in [6, 6.07) is 11.7. The largest absolute Gasteiger partial charge is 0.313 e. The molecule has 0 bridgehead atoms. The Morgan fingerprint density at radius 2 is 2.00 bits per heavy atom. The molecule has 0 unspecified atom stereocenters. The highest BCUT2D eigenvalue weighted by atomic mass is 15.0. The number of fused-ring (bicyclic) bond motifs is 1. The van der Waals surface area contributed by atoms with Gasteiger partial charge in [-0.2, -0.15) is 0 Å². The topological polar surface area (TPSA) is 12.0 Å². The van der Waals surface area contributed by atoms with Gasteiger partial charge in [0.2, 0.25) is 0 Å². The van der Waals surface area contributed by atoms with Crippen LogP contribution in [0.5, 0.6) is 0 Å². The molecule has 1 heteroatoms. The van der Waals surface area contributed by atoms with Crippen molar-refractivity contribution in [3.05, 3.63) is 35.9 Å². The maximum atomic E-state index is 3.54. The smallest absolute Gasteiger partial charge is 0.0174 e. The predicted octanol–water partition coefficient (Wildman–Crippen LogP) is 1.76. The molecule has 1 heterocycles. The number of benzene rings is 1. The van der Waals surface area contributed by atoms with Gasteiger partial charge in [0.25, 0.3) is 0 Å². The van der Waals surface area contributed by atoms with E-state index in [1.165, 1.54) is 18.5 Å². The maximum absolute atomic E-state index is 3.54. The Morgan fingerprint density at radius 1 is 1.17 bits per heavy atom. The SMILES string of the molecule is c1ccc([C@@H]2[C@H]3CCN[C@H]32)cc1. The molecule has 1 aliphatic carbocycles. The summed E-state index contributed by atoms with van der Waals surface area (Å²) in [5, 5.41) is 3.54. The minimum absolute atomic E-state index is 0.812. The van der Waals surface area contributed by atoms with E-state index in [0.29, 0.717) is 0 Å².